The van der Waals surface area contributed by atoms with Gasteiger partial charge in [-0.15, -0.1) is 0 Å². The molecule has 0 radical (unpaired) electrons. The van der Waals surface area contributed by atoms with Crippen molar-refractivity contribution in [3.63, 3.8) is 0 Å². The predicted octanol–water partition coefficient (Wildman–Crippen LogP) is 1.94. The van der Waals surface area contributed by atoms with Crippen LogP contribution in [-0.4, -0.2) is 33.2 Å². The predicted molar refractivity (Wildman–Crippen MR) is 77.5 cm³/mol. The molecule has 1 aromatic heterocycles. The van der Waals surface area contributed by atoms with Crippen molar-refractivity contribution in [2.45, 2.75) is 13.5 Å². The normalized spacial score (nSPS) is 10.3. The summed E-state index contributed by atoms with van der Waals surface area (Å²) in [5.41, 5.74) is 0.843. The fourth-order valence-electron chi connectivity index (χ4n) is 2.07. The number of amides is 1. The molecule has 21 heavy (non-hydrogen) atoms. The van der Waals surface area contributed by atoms with Gasteiger partial charge in [0.1, 0.15) is 18.0 Å². The molecule has 2 rings (SSSR count). The highest BCUT2D eigenvalue weighted by Gasteiger charge is 2.22. The number of aromatic nitrogens is 1. The van der Waals surface area contributed by atoms with Crippen molar-refractivity contribution in [1.82, 2.24) is 4.57 Å². The zero-order valence-corrected chi connectivity index (χ0v) is 11.6. The molecule has 2 N–H and O–H groups in total. The number of nitrogens with zero attached hydrogens (tertiary/aromatic N) is 2. The minimum atomic E-state index is -1.11. The Labute approximate surface area is 121 Å². The highest BCUT2D eigenvalue weighted by Crippen LogP contribution is 2.20. The van der Waals surface area contributed by atoms with Crippen LogP contribution in [0.1, 0.15) is 17.4 Å². The Morgan fingerprint density at radius 3 is 2.43 bits per heavy atom. The Balaban J connectivity index is 2.38. The first-order valence-electron chi connectivity index (χ1n) is 6.50. The number of carboxylic acids is 1. The smallest absolute Gasteiger partial charge is 0.323 e. The largest absolute Gasteiger partial charge is 0.508 e. The third-order valence-electron chi connectivity index (χ3n) is 3.09. The average Bonchev–Trinajstić information content (AvgIpc) is 2.93. The average molecular weight is 288 g/mol. The lowest BCUT2D eigenvalue weighted by Gasteiger charge is -2.21. The van der Waals surface area contributed by atoms with E-state index >= 15 is 0 Å². The molecule has 0 saturated heterocycles. The van der Waals surface area contributed by atoms with Crippen LogP contribution in [0.25, 0.3) is 0 Å². The first-order valence-corrected chi connectivity index (χ1v) is 6.50. The van der Waals surface area contributed by atoms with Gasteiger partial charge in [0.05, 0.1) is 0 Å². The number of aliphatic carboxylic acids is 1. The second-order valence-corrected chi connectivity index (χ2v) is 4.48. The standard InChI is InChI=1S/C15H16N2O4/c1-2-16-9-3-4-13(16)15(21)17(10-14(19)20)11-5-7-12(18)8-6-11/h3-9,18H,2,10H2,1H3,(H,19,20). The van der Waals surface area contributed by atoms with Crippen LogP contribution in [0.3, 0.4) is 0 Å². The molecule has 0 spiro atoms. The fourth-order valence-corrected chi connectivity index (χ4v) is 2.07. The molecular formula is C15H16N2O4. The minimum Gasteiger partial charge on any atom is -0.508 e. The first-order chi connectivity index (χ1) is 10.0. The number of carbonyl (C=O) groups excluding carboxylic acids is 1. The van der Waals surface area contributed by atoms with E-state index in [-0.39, 0.29) is 5.75 Å². The van der Waals surface area contributed by atoms with Gasteiger partial charge in [-0.3, -0.25) is 14.5 Å². The lowest BCUT2D eigenvalue weighted by molar-refractivity contribution is -0.135. The molecule has 0 saturated carbocycles. The van der Waals surface area contributed by atoms with E-state index in [2.05, 4.69) is 0 Å². The summed E-state index contributed by atoms with van der Waals surface area (Å²) in [4.78, 5) is 24.8. The van der Waals surface area contributed by atoms with Crippen molar-refractivity contribution in [2.75, 3.05) is 11.4 Å². The molecule has 1 amide bonds. The fraction of sp³-hybridized carbons (Fsp3) is 0.200. The maximum Gasteiger partial charge on any atom is 0.323 e. The molecule has 2 aromatic rings. The van der Waals surface area contributed by atoms with E-state index in [0.29, 0.717) is 17.9 Å². The number of aromatic hydroxyl groups is 1. The maximum absolute atomic E-state index is 12.6. The number of carboxylic acid groups (broad SMARTS) is 1. The first kappa shape index (κ1) is 14.6. The molecule has 0 atom stereocenters. The number of carbonyl (C=O) groups is 2. The van der Waals surface area contributed by atoms with Crippen molar-refractivity contribution in [3.8, 4) is 5.75 Å². The minimum absolute atomic E-state index is 0.0541. The van der Waals surface area contributed by atoms with Gasteiger partial charge in [0.15, 0.2) is 0 Å². The van der Waals surface area contributed by atoms with Crippen LogP contribution in [0, 0.1) is 0 Å². The number of phenols is 1. The van der Waals surface area contributed by atoms with Crippen LogP contribution in [0.15, 0.2) is 42.6 Å². The van der Waals surface area contributed by atoms with Gasteiger partial charge in [-0.25, -0.2) is 0 Å². The van der Waals surface area contributed by atoms with Gasteiger partial charge in [0.25, 0.3) is 5.91 Å². The van der Waals surface area contributed by atoms with Crippen molar-refractivity contribution in [3.05, 3.63) is 48.3 Å². The molecular weight excluding hydrogens is 272 g/mol. The van der Waals surface area contributed by atoms with E-state index in [9.17, 15) is 14.7 Å². The van der Waals surface area contributed by atoms with Gasteiger partial charge in [-0.2, -0.15) is 0 Å². The number of aryl methyl sites for hydroxylation is 1. The Kier molecular flexibility index (Phi) is 4.27. The maximum atomic E-state index is 12.6. The zero-order chi connectivity index (χ0) is 15.4. The van der Waals surface area contributed by atoms with Crippen LogP contribution in [0.2, 0.25) is 0 Å². The van der Waals surface area contributed by atoms with Gasteiger partial charge in [0.2, 0.25) is 0 Å². The van der Waals surface area contributed by atoms with Gasteiger partial charge in [0, 0.05) is 18.4 Å². The third-order valence-corrected chi connectivity index (χ3v) is 3.09. The number of hydrogen-bond acceptors (Lipinski definition) is 3. The lowest BCUT2D eigenvalue weighted by Crippen LogP contribution is -2.36. The van der Waals surface area contributed by atoms with Crippen molar-refractivity contribution >= 4 is 17.6 Å². The van der Waals surface area contributed by atoms with E-state index in [1.807, 2.05) is 6.92 Å². The second-order valence-electron chi connectivity index (χ2n) is 4.48. The number of hydrogen-bond donors (Lipinski definition) is 2. The SMILES string of the molecule is CCn1cccc1C(=O)N(CC(=O)O)c1ccc(O)cc1. The van der Waals surface area contributed by atoms with Crippen LogP contribution < -0.4 is 4.90 Å². The molecule has 0 aliphatic rings. The Morgan fingerprint density at radius 1 is 1.19 bits per heavy atom. The lowest BCUT2D eigenvalue weighted by atomic mass is 10.2. The number of rotatable bonds is 5. The molecule has 0 unspecified atom stereocenters. The monoisotopic (exact) mass is 288 g/mol. The molecule has 1 heterocycles. The number of benzene rings is 1. The Bertz CT molecular complexity index is 646. The summed E-state index contributed by atoms with van der Waals surface area (Å²) in [5, 5.41) is 18.3. The molecule has 0 bridgehead atoms. The number of anilines is 1. The summed E-state index contributed by atoms with van der Waals surface area (Å²) in [6, 6.07) is 9.24. The van der Waals surface area contributed by atoms with Crippen LogP contribution in [0.5, 0.6) is 5.75 Å². The second kappa shape index (κ2) is 6.13. The molecule has 0 fully saturated rings. The Hall–Kier alpha value is -2.76. The molecule has 0 aliphatic heterocycles. The topological polar surface area (TPSA) is 82.8 Å². The van der Waals surface area contributed by atoms with E-state index in [0.717, 1.165) is 0 Å². The van der Waals surface area contributed by atoms with Crippen LogP contribution in [0.4, 0.5) is 5.69 Å². The quantitative estimate of drug-likeness (QED) is 0.881. The Morgan fingerprint density at radius 2 is 1.86 bits per heavy atom. The zero-order valence-electron chi connectivity index (χ0n) is 11.6. The number of phenolic OH excluding ortho intramolecular Hbond substituents is 1. The highest BCUT2D eigenvalue weighted by atomic mass is 16.4. The van der Waals surface area contributed by atoms with Crippen molar-refractivity contribution in [2.24, 2.45) is 0 Å². The van der Waals surface area contributed by atoms with Gasteiger partial charge < -0.3 is 14.8 Å². The van der Waals surface area contributed by atoms with E-state index in [1.165, 1.54) is 29.2 Å². The summed E-state index contributed by atoms with van der Waals surface area (Å²) >= 11 is 0. The van der Waals surface area contributed by atoms with Crippen LogP contribution in [-0.2, 0) is 11.3 Å². The van der Waals surface area contributed by atoms with Crippen LogP contribution >= 0.6 is 0 Å². The molecule has 0 aliphatic carbocycles. The van der Waals surface area contributed by atoms with E-state index < -0.39 is 18.4 Å². The van der Waals surface area contributed by atoms with Crippen molar-refractivity contribution in [1.29, 1.82) is 0 Å². The van der Waals surface area contributed by atoms with E-state index in [1.54, 1.807) is 22.9 Å². The van der Waals surface area contributed by atoms with E-state index in [4.69, 9.17) is 5.11 Å². The van der Waals surface area contributed by atoms with Gasteiger partial charge >= 0.3 is 5.97 Å². The summed E-state index contributed by atoms with van der Waals surface area (Å²) in [5.74, 6) is -1.45. The molecule has 110 valence electrons. The highest BCUT2D eigenvalue weighted by molar-refractivity contribution is 6.07. The summed E-state index contributed by atoms with van der Waals surface area (Å²) in [7, 11) is 0. The van der Waals surface area contributed by atoms with Gasteiger partial charge in [-0.05, 0) is 43.3 Å². The molecule has 6 heteroatoms. The van der Waals surface area contributed by atoms with Gasteiger partial charge in [-0.1, -0.05) is 0 Å². The summed E-state index contributed by atoms with van der Waals surface area (Å²) in [6.45, 7) is 2.07. The summed E-state index contributed by atoms with van der Waals surface area (Å²) in [6.07, 6.45) is 1.77. The van der Waals surface area contributed by atoms with Crippen molar-refractivity contribution < 1.29 is 19.8 Å². The summed E-state index contributed by atoms with van der Waals surface area (Å²) < 4.78 is 1.75. The molecule has 6 nitrogen and oxygen atoms in total. The molecule has 1 aromatic carbocycles. The third kappa shape index (κ3) is 3.22.